The molecule has 0 fully saturated rings. The van der Waals surface area contributed by atoms with E-state index in [2.05, 4.69) is 10.6 Å². The van der Waals surface area contributed by atoms with Crippen LogP contribution in [0.2, 0.25) is 0 Å². The van der Waals surface area contributed by atoms with Crippen LogP contribution in [0.3, 0.4) is 0 Å². The molecular weight excluding hydrogens is 202 g/mol. The molecule has 4 nitrogen and oxygen atoms in total. The topological polar surface area (TPSA) is 67.2 Å². The Morgan fingerprint density at radius 3 is 2.62 bits per heavy atom. The zero-order valence-corrected chi connectivity index (χ0v) is 9.57. The van der Waals surface area contributed by atoms with E-state index in [1.807, 2.05) is 30.3 Å². The molecule has 0 radical (unpaired) electrons. The van der Waals surface area contributed by atoms with Crippen molar-refractivity contribution in [3.63, 3.8) is 0 Å². The molecule has 0 aliphatic rings. The highest BCUT2D eigenvalue weighted by Gasteiger charge is 2.10. The van der Waals surface area contributed by atoms with Gasteiger partial charge >= 0.3 is 0 Å². The molecule has 1 unspecified atom stereocenters. The van der Waals surface area contributed by atoms with Crippen LogP contribution in [0.15, 0.2) is 30.3 Å². The normalized spacial score (nSPS) is 12.1. The van der Waals surface area contributed by atoms with Crippen LogP contribution in [-0.2, 0) is 11.3 Å². The van der Waals surface area contributed by atoms with Crippen LogP contribution in [-0.4, -0.2) is 25.5 Å². The summed E-state index contributed by atoms with van der Waals surface area (Å²) in [7, 11) is 1.63. The lowest BCUT2D eigenvalue weighted by atomic mass is 10.1. The third-order valence-corrected chi connectivity index (χ3v) is 2.43. The van der Waals surface area contributed by atoms with Crippen LogP contribution in [0.5, 0.6) is 0 Å². The highest BCUT2D eigenvalue weighted by molar-refractivity contribution is 5.76. The lowest BCUT2D eigenvalue weighted by Gasteiger charge is -2.15. The van der Waals surface area contributed by atoms with Crippen LogP contribution in [0.25, 0.3) is 0 Å². The zero-order valence-electron chi connectivity index (χ0n) is 9.57. The molecule has 0 spiro atoms. The van der Waals surface area contributed by atoms with Crippen molar-refractivity contribution >= 4 is 5.91 Å². The molecule has 0 aliphatic carbocycles. The summed E-state index contributed by atoms with van der Waals surface area (Å²) in [5.74, 6) is 0.0102. The van der Waals surface area contributed by atoms with Crippen molar-refractivity contribution in [2.45, 2.75) is 19.0 Å². The van der Waals surface area contributed by atoms with E-state index in [-0.39, 0.29) is 11.9 Å². The van der Waals surface area contributed by atoms with Gasteiger partial charge in [-0.15, -0.1) is 0 Å². The fourth-order valence-electron chi connectivity index (χ4n) is 1.42. The van der Waals surface area contributed by atoms with Gasteiger partial charge in [-0.3, -0.25) is 4.79 Å². The summed E-state index contributed by atoms with van der Waals surface area (Å²) in [6.07, 6.45) is 0.417. The Balaban J connectivity index is 2.37. The molecule has 1 aromatic rings. The van der Waals surface area contributed by atoms with E-state index < -0.39 is 0 Å². The third kappa shape index (κ3) is 4.42. The van der Waals surface area contributed by atoms with Gasteiger partial charge in [0, 0.05) is 32.6 Å². The van der Waals surface area contributed by atoms with Crippen molar-refractivity contribution in [1.29, 1.82) is 0 Å². The van der Waals surface area contributed by atoms with Gasteiger partial charge in [-0.05, 0) is 5.56 Å². The Morgan fingerprint density at radius 1 is 1.38 bits per heavy atom. The standard InChI is InChI=1S/C12H19N3O/c1-14-12(16)7-11(8-13)15-9-10-5-3-2-4-6-10/h2-6,11,15H,7-9,13H2,1H3,(H,14,16). The second-order valence-electron chi connectivity index (χ2n) is 3.68. The Kier molecular flexibility index (Phi) is 5.53. The lowest BCUT2D eigenvalue weighted by Crippen LogP contribution is -2.39. The quantitative estimate of drug-likeness (QED) is 0.644. The lowest BCUT2D eigenvalue weighted by molar-refractivity contribution is -0.121. The minimum atomic E-state index is 0.0102. The summed E-state index contributed by atoms with van der Waals surface area (Å²) >= 11 is 0. The third-order valence-electron chi connectivity index (χ3n) is 2.43. The predicted octanol–water partition coefficient (Wildman–Crippen LogP) is 0.240. The second kappa shape index (κ2) is 6.98. The Morgan fingerprint density at radius 2 is 2.06 bits per heavy atom. The van der Waals surface area contributed by atoms with Gasteiger partial charge in [0.1, 0.15) is 0 Å². The number of nitrogens with one attached hydrogen (secondary N) is 2. The number of hydrogen-bond donors (Lipinski definition) is 3. The molecule has 0 aliphatic heterocycles. The molecule has 0 aromatic heterocycles. The van der Waals surface area contributed by atoms with Crippen molar-refractivity contribution in [3.8, 4) is 0 Å². The maximum atomic E-state index is 11.2. The SMILES string of the molecule is CNC(=O)CC(CN)NCc1ccccc1. The first-order valence-corrected chi connectivity index (χ1v) is 5.44. The Hall–Kier alpha value is -1.39. The van der Waals surface area contributed by atoms with Gasteiger partial charge in [0.2, 0.25) is 5.91 Å². The average Bonchev–Trinajstić information content (AvgIpc) is 2.35. The Labute approximate surface area is 96.2 Å². The maximum Gasteiger partial charge on any atom is 0.221 e. The van der Waals surface area contributed by atoms with Crippen molar-refractivity contribution < 1.29 is 4.79 Å². The number of amides is 1. The van der Waals surface area contributed by atoms with Crippen molar-refractivity contribution in [2.75, 3.05) is 13.6 Å². The molecule has 1 rings (SSSR count). The number of nitrogens with two attached hydrogens (primary N) is 1. The number of carbonyl (C=O) groups is 1. The van der Waals surface area contributed by atoms with E-state index in [0.29, 0.717) is 13.0 Å². The number of rotatable bonds is 6. The molecule has 4 N–H and O–H groups in total. The van der Waals surface area contributed by atoms with E-state index in [1.54, 1.807) is 7.05 Å². The van der Waals surface area contributed by atoms with E-state index >= 15 is 0 Å². The van der Waals surface area contributed by atoms with Crippen LogP contribution in [0.1, 0.15) is 12.0 Å². The van der Waals surface area contributed by atoms with E-state index in [1.165, 1.54) is 5.56 Å². The van der Waals surface area contributed by atoms with Crippen molar-refractivity contribution in [3.05, 3.63) is 35.9 Å². The summed E-state index contributed by atoms with van der Waals surface area (Å²) in [5, 5.41) is 5.86. The summed E-state index contributed by atoms with van der Waals surface area (Å²) in [6, 6.07) is 10.1. The number of benzene rings is 1. The first kappa shape index (κ1) is 12.7. The summed E-state index contributed by atoms with van der Waals surface area (Å²) in [6.45, 7) is 1.19. The fraction of sp³-hybridized carbons (Fsp3) is 0.417. The average molecular weight is 221 g/mol. The van der Waals surface area contributed by atoms with Gasteiger partial charge in [0.25, 0.3) is 0 Å². The first-order valence-electron chi connectivity index (χ1n) is 5.44. The molecule has 0 bridgehead atoms. The molecule has 1 aromatic carbocycles. The molecule has 0 heterocycles. The van der Waals surface area contributed by atoms with Crippen LogP contribution in [0.4, 0.5) is 0 Å². The highest BCUT2D eigenvalue weighted by atomic mass is 16.1. The molecule has 0 saturated heterocycles. The first-order chi connectivity index (χ1) is 7.76. The number of hydrogen-bond acceptors (Lipinski definition) is 3. The molecule has 4 heteroatoms. The van der Waals surface area contributed by atoms with Gasteiger partial charge in [-0.1, -0.05) is 30.3 Å². The van der Waals surface area contributed by atoms with Crippen molar-refractivity contribution in [1.82, 2.24) is 10.6 Å². The molecule has 0 saturated carbocycles. The summed E-state index contributed by atoms with van der Waals surface area (Å²) < 4.78 is 0. The molecule has 1 amide bonds. The smallest absolute Gasteiger partial charge is 0.221 e. The fourth-order valence-corrected chi connectivity index (χ4v) is 1.42. The van der Waals surface area contributed by atoms with Crippen molar-refractivity contribution in [2.24, 2.45) is 5.73 Å². The monoisotopic (exact) mass is 221 g/mol. The minimum Gasteiger partial charge on any atom is -0.359 e. The molecule has 88 valence electrons. The van der Waals surface area contributed by atoms with E-state index in [9.17, 15) is 4.79 Å². The maximum absolute atomic E-state index is 11.2. The van der Waals surface area contributed by atoms with Gasteiger partial charge in [0.15, 0.2) is 0 Å². The molecular formula is C12H19N3O. The molecule has 16 heavy (non-hydrogen) atoms. The largest absolute Gasteiger partial charge is 0.359 e. The molecule has 1 atom stereocenters. The second-order valence-corrected chi connectivity index (χ2v) is 3.68. The van der Waals surface area contributed by atoms with Gasteiger partial charge < -0.3 is 16.4 Å². The predicted molar refractivity (Wildman–Crippen MR) is 64.8 cm³/mol. The van der Waals surface area contributed by atoms with Crippen LogP contribution in [0, 0.1) is 0 Å². The highest BCUT2D eigenvalue weighted by Crippen LogP contribution is 1.99. The van der Waals surface area contributed by atoms with Crippen LogP contribution >= 0.6 is 0 Å². The zero-order chi connectivity index (χ0) is 11.8. The minimum absolute atomic E-state index is 0.0102. The van der Waals surface area contributed by atoms with Crippen LogP contribution < -0.4 is 16.4 Å². The summed E-state index contributed by atoms with van der Waals surface area (Å²) in [5.41, 5.74) is 6.79. The van der Waals surface area contributed by atoms with Gasteiger partial charge in [0.05, 0.1) is 0 Å². The van der Waals surface area contributed by atoms with Gasteiger partial charge in [-0.25, -0.2) is 0 Å². The summed E-state index contributed by atoms with van der Waals surface area (Å²) in [4.78, 5) is 11.2. The Bertz CT molecular complexity index is 313. The van der Waals surface area contributed by atoms with E-state index in [4.69, 9.17) is 5.73 Å². The van der Waals surface area contributed by atoms with Gasteiger partial charge in [-0.2, -0.15) is 0 Å². The van der Waals surface area contributed by atoms with E-state index in [0.717, 1.165) is 6.54 Å². The number of carbonyl (C=O) groups excluding carboxylic acids is 1.